The first kappa shape index (κ1) is 15.4. The standard InChI is InChI=1S/C16H23N3O2/c1-2-9-19(11-13-3-4-13)15(20)10-12-5-7-14(8-6-12)16(17)18-21/h5-8,13,21H,2-4,9-11H2,1H3,(H2,17,18). The van der Waals surface area contributed by atoms with Gasteiger partial charge in [-0.25, -0.2) is 0 Å². The van der Waals surface area contributed by atoms with E-state index in [1.54, 1.807) is 12.1 Å². The number of amidine groups is 1. The summed E-state index contributed by atoms with van der Waals surface area (Å²) in [6.07, 6.45) is 3.90. The second-order valence-corrected chi connectivity index (χ2v) is 5.64. The van der Waals surface area contributed by atoms with Crippen molar-refractivity contribution in [2.45, 2.75) is 32.6 Å². The molecule has 0 unspecified atom stereocenters. The monoisotopic (exact) mass is 289 g/mol. The van der Waals surface area contributed by atoms with Crippen LogP contribution in [-0.4, -0.2) is 34.9 Å². The molecule has 5 heteroatoms. The summed E-state index contributed by atoms with van der Waals surface area (Å²) < 4.78 is 0. The largest absolute Gasteiger partial charge is 0.409 e. The molecule has 0 atom stereocenters. The minimum absolute atomic E-state index is 0.0780. The molecule has 0 aliphatic heterocycles. The third-order valence-electron chi connectivity index (χ3n) is 3.73. The predicted octanol–water partition coefficient (Wildman–Crippen LogP) is 1.97. The smallest absolute Gasteiger partial charge is 0.226 e. The molecule has 1 saturated carbocycles. The van der Waals surface area contributed by atoms with Gasteiger partial charge in [-0.05, 0) is 30.7 Å². The lowest BCUT2D eigenvalue weighted by Crippen LogP contribution is -2.34. The zero-order valence-corrected chi connectivity index (χ0v) is 12.5. The highest BCUT2D eigenvalue weighted by Crippen LogP contribution is 2.29. The van der Waals surface area contributed by atoms with Crippen LogP contribution < -0.4 is 5.73 Å². The van der Waals surface area contributed by atoms with Crippen molar-refractivity contribution in [1.29, 1.82) is 0 Å². The minimum Gasteiger partial charge on any atom is -0.409 e. The molecule has 1 fully saturated rings. The zero-order chi connectivity index (χ0) is 15.2. The third-order valence-corrected chi connectivity index (χ3v) is 3.73. The molecule has 2 rings (SSSR count). The summed E-state index contributed by atoms with van der Waals surface area (Å²) in [5.74, 6) is 0.970. The number of nitrogens with two attached hydrogens (primary N) is 1. The van der Waals surface area contributed by atoms with Crippen molar-refractivity contribution in [3.8, 4) is 0 Å². The van der Waals surface area contributed by atoms with Gasteiger partial charge < -0.3 is 15.8 Å². The van der Waals surface area contributed by atoms with Gasteiger partial charge in [0.2, 0.25) is 5.91 Å². The lowest BCUT2D eigenvalue weighted by molar-refractivity contribution is -0.130. The summed E-state index contributed by atoms with van der Waals surface area (Å²) in [7, 11) is 0. The highest BCUT2D eigenvalue weighted by Gasteiger charge is 2.26. The van der Waals surface area contributed by atoms with E-state index >= 15 is 0 Å². The van der Waals surface area contributed by atoms with Crippen LogP contribution in [0, 0.1) is 5.92 Å². The average Bonchev–Trinajstić information content (AvgIpc) is 3.31. The van der Waals surface area contributed by atoms with Crippen LogP contribution in [0.2, 0.25) is 0 Å². The molecule has 1 aromatic rings. The molecule has 1 aromatic carbocycles. The van der Waals surface area contributed by atoms with E-state index in [-0.39, 0.29) is 11.7 Å². The lowest BCUT2D eigenvalue weighted by atomic mass is 10.1. The fourth-order valence-corrected chi connectivity index (χ4v) is 2.34. The summed E-state index contributed by atoms with van der Waals surface area (Å²) in [6, 6.07) is 7.24. The van der Waals surface area contributed by atoms with Crippen molar-refractivity contribution in [2.75, 3.05) is 13.1 Å². The molecule has 5 nitrogen and oxygen atoms in total. The molecular formula is C16H23N3O2. The van der Waals surface area contributed by atoms with Crippen LogP contribution in [0.1, 0.15) is 37.3 Å². The summed E-state index contributed by atoms with van der Waals surface area (Å²) >= 11 is 0. The summed E-state index contributed by atoms with van der Waals surface area (Å²) in [4.78, 5) is 14.4. The number of carbonyl (C=O) groups excluding carboxylic acids is 1. The highest BCUT2D eigenvalue weighted by molar-refractivity contribution is 5.97. The molecule has 0 bridgehead atoms. The second-order valence-electron chi connectivity index (χ2n) is 5.64. The number of benzene rings is 1. The van der Waals surface area contributed by atoms with Crippen LogP contribution in [0.5, 0.6) is 0 Å². The molecule has 0 aromatic heterocycles. The lowest BCUT2D eigenvalue weighted by Gasteiger charge is -2.22. The number of nitrogens with zero attached hydrogens (tertiary/aromatic N) is 2. The van der Waals surface area contributed by atoms with Gasteiger partial charge in [0.25, 0.3) is 0 Å². The Morgan fingerprint density at radius 1 is 1.38 bits per heavy atom. The first-order valence-corrected chi connectivity index (χ1v) is 7.48. The summed E-state index contributed by atoms with van der Waals surface area (Å²) in [6.45, 7) is 3.82. The van der Waals surface area contributed by atoms with Crippen molar-refractivity contribution < 1.29 is 10.0 Å². The van der Waals surface area contributed by atoms with Gasteiger partial charge in [-0.1, -0.05) is 36.3 Å². The molecule has 0 radical (unpaired) electrons. The van der Waals surface area contributed by atoms with E-state index in [0.717, 1.165) is 25.1 Å². The van der Waals surface area contributed by atoms with Crippen molar-refractivity contribution in [3.05, 3.63) is 35.4 Å². The maximum atomic E-state index is 12.4. The van der Waals surface area contributed by atoms with Crippen molar-refractivity contribution in [3.63, 3.8) is 0 Å². The van der Waals surface area contributed by atoms with Gasteiger partial charge in [0.1, 0.15) is 0 Å². The first-order valence-electron chi connectivity index (χ1n) is 7.48. The molecule has 21 heavy (non-hydrogen) atoms. The fraction of sp³-hybridized carbons (Fsp3) is 0.500. The zero-order valence-electron chi connectivity index (χ0n) is 12.5. The Hall–Kier alpha value is -2.04. The number of rotatable bonds is 7. The molecular weight excluding hydrogens is 266 g/mol. The van der Waals surface area contributed by atoms with Crippen LogP contribution in [0.4, 0.5) is 0 Å². The molecule has 3 N–H and O–H groups in total. The Morgan fingerprint density at radius 3 is 2.57 bits per heavy atom. The Kier molecular flexibility index (Phi) is 5.20. The SMILES string of the molecule is CCCN(CC1CC1)C(=O)Cc1ccc(C(N)=NO)cc1. The highest BCUT2D eigenvalue weighted by atomic mass is 16.4. The fourth-order valence-electron chi connectivity index (χ4n) is 2.34. The molecule has 1 amide bonds. The van der Waals surface area contributed by atoms with Gasteiger partial charge in [0.15, 0.2) is 5.84 Å². The topological polar surface area (TPSA) is 78.9 Å². The van der Waals surface area contributed by atoms with E-state index in [4.69, 9.17) is 10.9 Å². The predicted molar refractivity (Wildman–Crippen MR) is 82.3 cm³/mol. The van der Waals surface area contributed by atoms with Crippen LogP contribution in [0.3, 0.4) is 0 Å². The van der Waals surface area contributed by atoms with E-state index in [1.807, 2.05) is 17.0 Å². The van der Waals surface area contributed by atoms with E-state index in [1.165, 1.54) is 12.8 Å². The Balaban J connectivity index is 1.96. The van der Waals surface area contributed by atoms with Gasteiger partial charge in [0.05, 0.1) is 6.42 Å². The second kappa shape index (κ2) is 7.11. The van der Waals surface area contributed by atoms with Crippen LogP contribution in [-0.2, 0) is 11.2 Å². The maximum absolute atomic E-state index is 12.4. The molecule has 114 valence electrons. The van der Waals surface area contributed by atoms with Crippen molar-refractivity contribution in [2.24, 2.45) is 16.8 Å². The minimum atomic E-state index is 0.0780. The van der Waals surface area contributed by atoms with Gasteiger partial charge in [0, 0.05) is 18.7 Å². The van der Waals surface area contributed by atoms with Gasteiger partial charge in [-0.3, -0.25) is 4.79 Å². The first-order chi connectivity index (χ1) is 10.1. The van der Waals surface area contributed by atoms with Gasteiger partial charge in [-0.2, -0.15) is 0 Å². The van der Waals surface area contributed by atoms with Crippen molar-refractivity contribution >= 4 is 11.7 Å². The molecule has 1 aliphatic rings. The normalized spacial score (nSPS) is 15.0. The molecule has 0 spiro atoms. The Labute approximate surface area is 125 Å². The van der Waals surface area contributed by atoms with E-state index in [9.17, 15) is 4.79 Å². The van der Waals surface area contributed by atoms with Crippen molar-refractivity contribution in [1.82, 2.24) is 4.90 Å². The van der Waals surface area contributed by atoms with Gasteiger partial charge >= 0.3 is 0 Å². The molecule has 0 saturated heterocycles. The number of hydrogen-bond donors (Lipinski definition) is 2. The van der Waals surface area contributed by atoms with Crippen LogP contribution in [0.15, 0.2) is 29.4 Å². The number of oxime groups is 1. The summed E-state index contributed by atoms with van der Waals surface area (Å²) in [5, 5.41) is 11.6. The van der Waals surface area contributed by atoms with E-state index in [0.29, 0.717) is 17.9 Å². The van der Waals surface area contributed by atoms with E-state index in [2.05, 4.69) is 12.1 Å². The summed E-state index contributed by atoms with van der Waals surface area (Å²) in [5.41, 5.74) is 7.12. The third kappa shape index (κ3) is 4.48. The van der Waals surface area contributed by atoms with Crippen LogP contribution >= 0.6 is 0 Å². The maximum Gasteiger partial charge on any atom is 0.226 e. The number of amides is 1. The quantitative estimate of drug-likeness (QED) is 0.348. The number of carbonyl (C=O) groups is 1. The molecule has 1 aliphatic carbocycles. The van der Waals surface area contributed by atoms with E-state index < -0.39 is 0 Å². The Bertz CT molecular complexity index is 507. The van der Waals surface area contributed by atoms with Gasteiger partial charge in [-0.15, -0.1) is 0 Å². The van der Waals surface area contributed by atoms with Crippen LogP contribution in [0.25, 0.3) is 0 Å². The number of hydrogen-bond acceptors (Lipinski definition) is 3. The average molecular weight is 289 g/mol. The molecule has 0 heterocycles. The Morgan fingerprint density at radius 2 is 2.05 bits per heavy atom.